The second-order valence-corrected chi connectivity index (χ2v) is 8.98. The first-order valence-electron chi connectivity index (χ1n) is 11.3. The van der Waals surface area contributed by atoms with Crippen molar-refractivity contribution in [2.75, 3.05) is 13.1 Å². The zero-order chi connectivity index (χ0) is 20.2. The van der Waals surface area contributed by atoms with Crippen LogP contribution in [0.3, 0.4) is 0 Å². The standard InChI is InChI=1S/C22H34N6O.ClH/c1-16(2)22-23-11-14-27(22)13-10-19(29)28-12-6-9-18(15-28)21-24-20(25-26-21)17-7-4-3-5-8-17;/h11,14,16-18H,3-10,12-13,15H2,1-2H3,(H,24,25,26);1H. The third kappa shape index (κ3) is 5.23. The van der Waals surface area contributed by atoms with Crippen LogP contribution in [0, 0.1) is 0 Å². The van der Waals surface area contributed by atoms with Crippen molar-refractivity contribution in [2.45, 2.75) is 89.5 Å². The number of likely N-dealkylation sites (tertiary alicyclic amines) is 1. The Morgan fingerprint density at radius 2 is 1.93 bits per heavy atom. The molecule has 1 amide bonds. The van der Waals surface area contributed by atoms with Crippen molar-refractivity contribution in [3.63, 3.8) is 0 Å². The van der Waals surface area contributed by atoms with Crippen LogP contribution in [0.25, 0.3) is 0 Å². The van der Waals surface area contributed by atoms with Gasteiger partial charge in [0.1, 0.15) is 11.6 Å². The minimum absolute atomic E-state index is 0. The molecule has 1 N–H and O–H groups in total. The van der Waals surface area contributed by atoms with E-state index in [1.54, 1.807) is 0 Å². The summed E-state index contributed by atoms with van der Waals surface area (Å²) in [5, 5.41) is 7.74. The van der Waals surface area contributed by atoms with Crippen LogP contribution in [0.4, 0.5) is 0 Å². The van der Waals surface area contributed by atoms with Crippen LogP contribution in [-0.4, -0.2) is 48.6 Å². The van der Waals surface area contributed by atoms with E-state index in [1.165, 1.54) is 32.1 Å². The molecule has 2 aliphatic rings. The maximum atomic E-state index is 12.8. The Balaban J connectivity index is 0.00000256. The summed E-state index contributed by atoms with van der Waals surface area (Å²) in [7, 11) is 0. The van der Waals surface area contributed by atoms with Gasteiger partial charge in [0.2, 0.25) is 5.91 Å². The average molecular weight is 435 g/mol. The van der Waals surface area contributed by atoms with Crippen LogP contribution in [0.5, 0.6) is 0 Å². The first-order valence-corrected chi connectivity index (χ1v) is 11.3. The molecule has 2 aromatic rings. The number of carbonyl (C=O) groups is 1. The Kier molecular flexibility index (Phi) is 7.92. The topological polar surface area (TPSA) is 79.7 Å². The van der Waals surface area contributed by atoms with Gasteiger partial charge in [0.25, 0.3) is 0 Å². The minimum atomic E-state index is 0. The van der Waals surface area contributed by atoms with E-state index in [0.717, 1.165) is 43.4 Å². The summed E-state index contributed by atoms with van der Waals surface area (Å²) in [5.74, 6) is 4.39. The van der Waals surface area contributed by atoms with Crippen LogP contribution in [0.15, 0.2) is 12.4 Å². The van der Waals surface area contributed by atoms with Gasteiger partial charge in [0.05, 0.1) is 0 Å². The highest BCUT2D eigenvalue weighted by Crippen LogP contribution is 2.32. The predicted octanol–water partition coefficient (Wildman–Crippen LogP) is 4.39. The van der Waals surface area contributed by atoms with E-state index in [9.17, 15) is 4.79 Å². The number of rotatable bonds is 6. The van der Waals surface area contributed by atoms with Gasteiger partial charge in [-0.3, -0.25) is 9.89 Å². The first-order chi connectivity index (χ1) is 14.1. The molecule has 3 heterocycles. The zero-order valence-corrected chi connectivity index (χ0v) is 19.0. The van der Waals surface area contributed by atoms with E-state index in [2.05, 4.69) is 33.6 Å². The number of halogens is 1. The van der Waals surface area contributed by atoms with Crippen molar-refractivity contribution in [1.82, 2.24) is 29.6 Å². The lowest BCUT2D eigenvalue weighted by Crippen LogP contribution is -2.39. The van der Waals surface area contributed by atoms with Gasteiger partial charge in [-0.25, -0.2) is 9.97 Å². The van der Waals surface area contributed by atoms with E-state index in [-0.39, 0.29) is 24.2 Å². The summed E-state index contributed by atoms with van der Waals surface area (Å²) in [6.07, 6.45) is 12.8. The molecule has 166 valence electrons. The van der Waals surface area contributed by atoms with E-state index in [4.69, 9.17) is 4.98 Å². The van der Waals surface area contributed by atoms with Crippen molar-refractivity contribution in [3.05, 3.63) is 29.9 Å². The number of H-pyrrole nitrogens is 1. The predicted molar refractivity (Wildman–Crippen MR) is 119 cm³/mol. The number of nitrogens with one attached hydrogen (secondary N) is 1. The fourth-order valence-electron chi connectivity index (χ4n) is 4.83. The Bertz CT molecular complexity index is 810. The molecule has 1 unspecified atom stereocenters. The fraction of sp³-hybridized carbons (Fsp3) is 0.727. The van der Waals surface area contributed by atoms with Crippen molar-refractivity contribution in [2.24, 2.45) is 0 Å². The van der Waals surface area contributed by atoms with Crippen molar-refractivity contribution in [3.8, 4) is 0 Å². The summed E-state index contributed by atoms with van der Waals surface area (Å²) in [4.78, 5) is 24.1. The number of aromatic amines is 1. The molecule has 0 radical (unpaired) electrons. The number of carbonyl (C=O) groups excluding carboxylic acids is 1. The summed E-state index contributed by atoms with van der Waals surface area (Å²) < 4.78 is 2.11. The molecular weight excluding hydrogens is 400 g/mol. The number of imidazole rings is 1. The molecule has 1 saturated carbocycles. The van der Waals surface area contributed by atoms with Crippen LogP contribution in [-0.2, 0) is 11.3 Å². The maximum Gasteiger partial charge on any atom is 0.224 e. The normalized spacial score (nSPS) is 20.4. The fourth-order valence-corrected chi connectivity index (χ4v) is 4.83. The van der Waals surface area contributed by atoms with E-state index >= 15 is 0 Å². The van der Waals surface area contributed by atoms with Gasteiger partial charge in [0, 0.05) is 56.2 Å². The number of amides is 1. The van der Waals surface area contributed by atoms with Gasteiger partial charge in [-0.15, -0.1) is 12.4 Å². The largest absolute Gasteiger partial charge is 0.342 e. The highest BCUT2D eigenvalue weighted by molar-refractivity contribution is 5.85. The van der Waals surface area contributed by atoms with Gasteiger partial charge < -0.3 is 9.47 Å². The van der Waals surface area contributed by atoms with Crippen LogP contribution in [0.2, 0.25) is 0 Å². The summed E-state index contributed by atoms with van der Waals surface area (Å²) in [6, 6.07) is 0. The second-order valence-electron chi connectivity index (χ2n) is 8.98. The van der Waals surface area contributed by atoms with E-state index in [0.29, 0.717) is 24.8 Å². The lowest BCUT2D eigenvalue weighted by Gasteiger charge is -2.31. The summed E-state index contributed by atoms with van der Waals surface area (Å²) in [6.45, 7) is 6.54. The van der Waals surface area contributed by atoms with Crippen molar-refractivity contribution in [1.29, 1.82) is 0 Å². The number of hydrogen-bond donors (Lipinski definition) is 1. The van der Waals surface area contributed by atoms with Crippen molar-refractivity contribution < 1.29 is 4.79 Å². The third-order valence-corrected chi connectivity index (χ3v) is 6.48. The van der Waals surface area contributed by atoms with E-state index < -0.39 is 0 Å². The van der Waals surface area contributed by atoms with Crippen LogP contribution in [0.1, 0.15) is 100 Å². The summed E-state index contributed by atoms with van der Waals surface area (Å²) >= 11 is 0. The molecule has 1 atom stereocenters. The van der Waals surface area contributed by atoms with Crippen LogP contribution >= 0.6 is 12.4 Å². The lowest BCUT2D eigenvalue weighted by atomic mass is 9.89. The smallest absolute Gasteiger partial charge is 0.224 e. The van der Waals surface area contributed by atoms with Gasteiger partial charge in [-0.05, 0) is 25.7 Å². The van der Waals surface area contributed by atoms with Crippen LogP contribution < -0.4 is 0 Å². The first kappa shape index (κ1) is 22.8. The average Bonchev–Trinajstić information content (AvgIpc) is 3.42. The summed E-state index contributed by atoms with van der Waals surface area (Å²) in [5.41, 5.74) is 0. The van der Waals surface area contributed by atoms with Gasteiger partial charge in [-0.1, -0.05) is 33.1 Å². The maximum absolute atomic E-state index is 12.8. The molecule has 1 aliphatic carbocycles. The van der Waals surface area contributed by atoms with Gasteiger partial charge in [-0.2, -0.15) is 5.10 Å². The quantitative estimate of drug-likeness (QED) is 0.731. The lowest BCUT2D eigenvalue weighted by molar-refractivity contribution is -0.132. The molecule has 8 heteroatoms. The molecule has 0 spiro atoms. The molecule has 0 aromatic carbocycles. The second kappa shape index (κ2) is 10.4. The monoisotopic (exact) mass is 434 g/mol. The van der Waals surface area contributed by atoms with E-state index in [1.807, 2.05) is 17.3 Å². The zero-order valence-electron chi connectivity index (χ0n) is 18.2. The Morgan fingerprint density at radius 3 is 2.70 bits per heavy atom. The third-order valence-electron chi connectivity index (χ3n) is 6.48. The Morgan fingerprint density at radius 1 is 1.17 bits per heavy atom. The number of piperidine rings is 1. The van der Waals surface area contributed by atoms with Gasteiger partial charge >= 0.3 is 0 Å². The highest BCUT2D eigenvalue weighted by atomic mass is 35.5. The molecule has 1 aliphatic heterocycles. The number of aryl methyl sites for hydroxylation is 1. The number of nitrogens with zero attached hydrogens (tertiary/aromatic N) is 5. The Hall–Kier alpha value is -1.89. The molecule has 4 rings (SSSR count). The van der Waals surface area contributed by atoms with Crippen molar-refractivity contribution >= 4 is 18.3 Å². The van der Waals surface area contributed by atoms with Gasteiger partial charge in [0.15, 0.2) is 5.82 Å². The number of hydrogen-bond acceptors (Lipinski definition) is 4. The molecule has 0 bridgehead atoms. The molecule has 1 saturated heterocycles. The molecule has 2 aromatic heterocycles. The highest BCUT2D eigenvalue weighted by Gasteiger charge is 2.28. The molecule has 7 nitrogen and oxygen atoms in total. The molecule has 30 heavy (non-hydrogen) atoms. The number of aromatic nitrogens is 5. The Labute approximate surface area is 185 Å². The molecular formula is C22H35ClN6O. The SMILES string of the molecule is CC(C)c1nccn1CCC(=O)N1CCCC(c2n[nH]c(C3CCCCC3)n2)C1.Cl. The minimum Gasteiger partial charge on any atom is -0.342 e. The molecule has 2 fully saturated rings.